The number of nitrogens with one attached hydrogen (secondary N) is 2. The molecule has 1 aromatic rings. The van der Waals surface area contributed by atoms with E-state index in [1.54, 1.807) is 0 Å². The summed E-state index contributed by atoms with van der Waals surface area (Å²) >= 11 is 0. The molecule has 1 aliphatic heterocycles. The average molecular weight is 326 g/mol. The van der Waals surface area contributed by atoms with Crippen LogP contribution in [0.25, 0.3) is 0 Å². The Morgan fingerprint density at radius 1 is 1.43 bits per heavy atom. The van der Waals surface area contributed by atoms with E-state index in [9.17, 15) is 14.0 Å². The van der Waals surface area contributed by atoms with E-state index < -0.39 is 17.8 Å². The average Bonchev–Trinajstić information content (AvgIpc) is 2.99. The third-order valence-corrected chi connectivity index (χ3v) is 3.26. The molecular formula is C15H19FN2O5. The summed E-state index contributed by atoms with van der Waals surface area (Å²) in [5.74, 6) is -1.21. The number of carboxylic acid groups (broad SMARTS) is 1. The SMILES string of the molecule is O=C(O)CCNC(=O)Nc1cc(F)ccc1OCC1CCCO1. The number of amides is 2. The number of carbonyl (C=O) groups excluding carboxylic acids is 1. The second-order valence-corrected chi connectivity index (χ2v) is 5.11. The van der Waals surface area contributed by atoms with Crippen LogP contribution in [-0.4, -0.2) is 43.0 Å². The van der Waals surface area contributed by atoms with Crippen LogP contribution >= 0.6 is 0 Å². The zero-order valence-corrected chi connectivity index (χ0v) is 12.5. The van der Waals surface area contributed by atoms with Gasteiger partial charge in [-0.3, -0.25) is 4.79 Å². The number of hydrogen-bond donors (Lipinski definition) is 3. The minimum Gasteiger partial charge on any atom is -0.489 e. The standard InChI is InChI=1S/C15H19FN2O5/c16-10-3-4-13(23-9-11-2-1-7-22-11)12(8-10)18-15(21)17-6-5-14(19)20/h3-4,8,11H,1-2,5-7,9H2,(H,19,20)(H2,17,18,21). The van der Waals surface area contributed by atoms with Crippen molar-refractivity contribution in [3.8, 4) is 5.75 Å². The predicted molar refractivity (Wildman–Crippen MR) is 80.1 cm³/mol. The van der Waals surface area contributed by atoms with Crippen LogP contribution in [0.4, 0.5) is 14.9 Å². The number of benzene rings is 1. The van der Waals surface area contributed by atoms with Gasteiger partial charge in [-0.25, -0.2) is 9.18 Å². The van der Waals surface area contributed by atoms with Crippen LogP contribution in [0.1, 0.15) is 19.3 Å². The fourth-order valence-electron chi connectivity index (χ4n) is 2.13. The van der Waals surface area contributed by atoms with Gasteiger partial charge >= 0.3 is 12.0 Å². The minimum atomic E-state index is -1.02. The van der Waals surface area contributed by atoms with Gasteiger partial charge in [0, 0.05) is 19.2 Å². The maximum atomic E-state index is 13.4. The normalized spacial score (nSPS) is 16.8. The van der Waals surface area contributed by atoms with Crippen molar-refractivity contribution in [3.05, 3.63) is 24.0 Å². The highest BCUT2D eigenvalue weighted by atomic mass is 19.1. The lowest BCUT2D eigenvalue weighted by molar-refractivity contribution is -0.136. The first-order valence-corrected chi connectivity index (χ1v) is 7.35. The molecule has 126 valence electrons. The van der Waals surface area contributed by atoms with Gasteiger partial charge in [-0.2, -0.15) is 0 Å². The van der Waals surface area contributed by atoms with Crippen LogP contribution in [0.15, 0.2) is 18.2 Å². The summed E-state index contributed by atoms with van der Waals surface area (Å²) in [5.41, 5.74) is 0.177. The first-order valence-electron chi connectivity index (χ1n) is 7.35. The molecule has 0 bridgehead atoms. The molecule has 0 saturated carbocycles. The smallest absolute Gasteiger partial charge is 0.319 e. The fraction of sp³-hybridized carbons (Fsp3) is 0.467. The van der Waals surface area contributed by atoms with Crippen LogP contribution in [0.2, 0.25) is 0 Å². The van der Waals surface area contributed by atoms with E-state index in [1.807, 2.05) is 0 Å². The maximum absolute atomic E-state index is 13.4. The van der Waals surface area contributed by atoms with Gasteiger partial charge in [-0.15, -0.1) is 0 Å². The molecule has 2 amide bonds. The zero-order valence-electron chi connectivity index (χ0n) is 12.5. The Morgan fingerprint density at radius 3 is 2.96 bits per heavy atom. The number of ether oxygens (including phenoxy) is 2. The van der Waals surface area contributed by atoms with Gasteiger partial charge in [0.05, 0.1) is 18.2 Å². The fourth-order valence-corrected chi connectivity index (χ4v) is 2.13. The molecule has 8 heteroatoms. The molecule has 1 aliphatic rings. The van der Waals surface area contributed by atoms with Gasteiger partial charge in [0.15, 0.2) is 0 Å². The van der Waals surface area contributed by atoms with Crippen LogP contribution < -0.4 is 15.4 Å². The van der Waals surface area contributed by atoms with Gasteiger partial charge in [0.25, 0.3) is 0 Å². The molecule has 0 aliphatic carbocycles. The number of anilines is 1. The molecule has 23 heavy (non-hydrogen) atoms. The molecule has 1 fully saturated rings. The lowest BCUT2D eigenvalue weighted by Crippen LogP contribution is -2.30. The van der Waals surface area contributed by atoms with Crippen molar-refractivity contribution in [2.75, 3.05) is 25.1 Å². The van der Waals surface area contributed by atoms with E-state index in [0.717, 1.165) is 18.9 Å². The van der Waals surface area contributed by atoms with Crippen LogP contribution in [0, 0.1) is 5.82 Å². The molecule has 1 unspecified atom stereocenters. The highest BCUT2D eigenvalue weighted by Gasteiger charge is 2.17. The first-order chi connectivity index (χ1) is 11.0. The molecule has 1 aromatic carbocycles. The van der Waals surface area contributed by atoms with Crippen LogP contribution in [-0.2, 0) is 9.53 Å². The Morgan fingerprint density at radius 2 is 2.26 bits per heavy atom. The third kappa shape index (κ3) is 5.74. The Bertz CT molecular complexity index is 561. The summed E-state index contributed by atoms with van der Waals surface area (Å²) in [4.78, 5) is 22.1. The van der Waals surface area contributed by atoms with Crippen molar-refractivity contribution in [1.82, 2.24) is 5.32 Å². The summed E-state index contributed by atoms with van der Waals surface area (Å²) < 4.78 is 24.4. The van der Waals surface area contributed by atoms with Crippen LogP contribution in [0.5, 0.6) is 5.75 Å². The third-order valence-electron chi connectivity index (χ3n) is 3.26. The molecule has 0 spiro atoms. The number of rotatable bonds is 7. The Balaban J connectivity index is 1.91. The number of hydrogen-bond acceptors (Lipinski definition) is 4. The largest absolute Gasteiger partial charge is 0.489 e. The summed E-state index contributed by atoms with van der Waals surface area (Å²) in [6, 6.07) is 3.18. The van der Waals surface area contributed by atoms with E-state index in [4.69, 9.17) is 14.6 Å². The van der Waals surface area contributed by atoms with Crippen molar-refractivity contribution in [2.45, 2.75) is 25.4 Å². The van der Waals surface area contributed by atoms with Gasteiger partial charge < -0.3 is 25.2 Å². The van der Waals surface area contributed by atoms with Crippen molar-refractivity contribution in [3.63, 3.8) is 0 Å². The number of urea groups is 1. The highest BCUT2D eigenvalue weighted by molar-refractivity contribution is 5.91. The molecule has 7 nitrogen and oxygen atoms in total. The summed E-state index contributed by atoms with van der Waals surface area (Å²) in [7, 11) is 0. The van der Waals surface area contributed by atoms with E-state index in [-0.39, 0.29) is 24.8 Å². The van der Waals surface area contributed by atoms with Crippen molar-refractivity contribution < 1.29 is 28.6 Å². The molecule has 0 aromatic heterocycles. The van der Waals surface area contributed by atoms with E-state index in [2.05, 4.69) is 10.6 Å². The molecule has 2 rings (SSSR count). The molecule has 1 saturated heterocycles. The van der Waals surface area contributed by atoms with E-state index in [0.29, 0.717) is 19.0 Å². The van der Waals surface area contributed by atoms with Gasteiger partial charge in [0.1, 0.15) is 18.2 Å². The molecule has 1 heterocycles. The first kappa shape index (κ1) is 17.0. The summed E-state index contributed by atoms with van der Waals surface area (Å²) in [6.45, 7) is 0.998. The van der Waals surface area contributed by atoms with E-state index >= 15 is 0 Å². The Labute approximate surface area is 132 Å². The maximum Gasteiger partial charge on any atom is 0.319 e. The summed E-state index contributed by atoms with van der Waals surface area (Å²) in [5, 5.41) is 13.3. The molecular weight excluding hydrogens is 307 g/mol. The number of carboxylic acids is 1. The zero-order chi connectivity index (χ0) is 16.7. The monoisotopic (exact) mass is 326 g/mol. The van der Waals surface area contributed by atoms with E-state index in [1.165, 1.54) is 12.1 Å². The highest BCUT2D eigenvalue weighted by Crippen LogP contribution is 2.26. The van der Waals surface area contributed by atoms with Crippen molar-refractivity contribution in [1.29, 1.82) is 0 Å². The van der Waals surface area contributed by atoms with Gasteiger partial charge in [-0.05, 0) is 25.0 Å². The predicted octanol–water partition coefficient (Wildman–Crippen LogP) is 1.98. The topological polar surface area (TPSA) is 96.9 Å². The molecule has 1 atom stereocenters. The number of carbonyl (C=O) groups is 2. The van der Waals surface area contributed by atoms with Crippen LogP contribution in [0.3, 0.4) is 0 Å². The van der Waals surface area contributed by atoms with Crippen molar-refractivity contribution in [2.24, 2.45) is 0 Å². The van der Waals surface area contributed by atoms with Gasteiger partial charge in [-0.1, -0.05) is 0 Å². The summed E-state index contributed by atoms with van der Waals surface area (Å²) in [6.07, 6.45) is 1.69. The minimum absolute atomic E-state index is 0.00250. The second kappa shape index (κ2) is 8.33. The van der Waals surface area contributed by atoms with Crippen molar-refractivity contribution >= 4 is 17.7 Å². The van der Waals surface area contributed by atoms with Gasteiger partial charge in [0.2, 0.25) is 0 Å². The second-order valence-electron chi connectivity index (χ2n) is 5.11. The lowest BCUT2D eigenvalue weighted by Gasteiger charge is -2.15. The lowest BCUT2D eigenvalue weighted by atomic mass is 10.2. The molecule has 3 N–H and O–H groups in total. The quantitative estimate of drug-likeness (QED) is 0.712. The molecule has 0 radical (unpaired) electrons. The Hall–Kier alpha value is -2.35. The number of halogens is 1. The number of aliphatic carboxylic acids is 1. The Kier molecular flexibility index (Phi) is 6.16.